The second kappa shape index (κ2) is 5.66. The van der Waals surface area contributed by atoms with Crippen molar-refractivity contribution in [1.29, 1.82) is 0 Å². The van der Waals surface area contributed by atoms with E-state index in [1.807, 2.05) is 39.0 Å². The topological polar surface area (TPSA) is 29.1 Å². The second-order valence-electron chi connectivity index (χ2n) is 3.85. The Hall–Kier alpha value is -1.15. The number of benzene rings is 1. The highest BCUT2D eigenvalue weighted by molar-refractivity contribution is 5.97. The molecule has 0 radical (unpaired) electrons. The van der Waals surface area contributed by atoms with Crippen LogP contribution in [0.2, 0.25) is 0 Å². The van der Waals surface area contributed by atoms with Crippen molar-refractivity contribution in [3.05, 3.63) is 34.9 Å². The summed E-state index contributed by atoms with van der Waals surface area (Å²) >= 11 is 0. The third kappa shape index (κ3) is 3.48. The molecule has 2 heteroatoms. The van der Waals surface area contributed by atoms with Crippen LogP contribution in [0, 0.1) is 13.8 Å². The minimum Gasteiger partial charge on any atom is -0.317 e. The van der Waals surface area contributed by atoms with E-state index in [1.165, 1.54) is 0 Å². The summed E-state index contributed by atoms with van der Waals surface area (Å²) in [6.07, 6.45) is 0.581. The standard InChI is InChI=1S/C13H19NO/c1-4-14-8-7-13(15)12-9-10(2)5-6-11(12)3/h5-6,9,14H,4,7-8H2,1-3H3. The molecule has 0 aliphatic rings. The van der Waals surface area contributed by atoms with Gasteiger partial charge < -0.3 is 5.32 Å². The molecule has 0 aromatic heterocycles. The quantitative estimate of drug-likeness (QED) is 0.591. The molecule has 0 amide bonds. The van der Waals surface area contributed by atoms with Gasteiger partial charge in [-0.05, 0) is 32.0 Å². The fraction of sp³-hybridized carbons (Fsp3) is 0.462. The number of hydrogen-bond acceptors (Lipinski definition) is 2. The van der Waals surface area contributed by atoms with Crippen molar-refractivity contribution in [1.82, 2.24) is 5.32 Å². The SMILES string of the molecule is CCNCCC(=O)c1cc(C)ccc1C. The smallest absolute Gasteiger partial charge is 0.164 e. The molecule has 82 valence electrons. The Morgan fingerprint density at radius 3 is 2.73 bits per heavy atom. The lowest BCUT2D eigenvalue weighted by molar-refractivity contribution is 0.0982. The van der Waals surface area contributed by atoms with Crippen LogP contribution in [0.3, 0.4) is 0 Å². The zero-order valence-electron chi connectivity index (χ0n) is 9.76. The summed E-state index contributed by atoms with van der Waals surface area (Å²) in [4.78, 5) is 11.9. The molecule has 1 N–H and O–H groups in total. The Morgan fingerprint density at radius 2 is 2.07 bits per heavy atom. The van der Waals surface area contributed by atoms with Gasteiger partial charge in [0.05, 0.1) is 0 Å². The van der Waals surface area contributed by atoms with E-state index in [0.717, 1.165) is 29.8 Å². The fourth-order valence-electron chi connectivity index (χ4n) is 1.55. The summed E-state index contributed by atoms with van der Waals surface area (Å²) in [5.74, 6) is 0.233. The number of carbonyl (C=O) groups excluding carboxylic acids is 1. The Kier molecular flexibility index (Phi) is 4.50. The number of nitrogens with one attached hydrogen (secondary N) is 1. The van der Waals surface area contributed by atoms with Crippen LogP contribution in [0.5, 0.6) is 0 Å². The number of ketones is 1. The number of rotatable bonds is 5. The molecule has 2 nitrogen and oxygen atoms in total. The molecule has 0 aliphatic heterocycles. The van der Waals surface area contributed by atoms with E-state index in [1.54, 1.807) is 0 Å². The van der Waals surface area contributed by atoms with Crippen molar-refractivity contribution < 1.29 is 4.79 Å². The predicted octanol–water partition coefficient (Wildman–Crippen LogP) is 2.49. The molecule has 0 spiro atoms. The van der Waals surface area contributed by atoms with Gasteiger partial charge in [-0.15, -0.1) is 0 Å². The molecule has 0 saturated heterocycles. The normalized spacial score (nSPS) is 10.3. The lowest BCUT2D eigenvalue weighted by atomic mass is 10.0. The number of Topliss-reactive ketones (excluding diaryl/α,β-unsaturated/α-hetero) is 1. The van der Waals surface area contributed by atoms with Gasteiger partial charge in [-0.2, -0.15) is 0 Å². The number of carbonyl (C=O) groups is 1. The maximum Gasteiger partial charge on any atom is 0.164 e. The van der Waals surface area contributed by atoms with Crippen LogP contribution in [-0.4, -0.2) is 18.9 Å². The van der Waals surface area contributed by atoms with Gasteiger partial charge in [-0.1, -0.05) is 24.6 Å². The molecule has 0 bridgehead atoms. The fourth-order valence-corrected chi connectivity index (χ4v) is 1.55. The van der Waals surface area contributed by atoms with E-state index in [4.69, 9.17) is 0 Å². The minimum absolute atomic E-state index is 0.233. The van der Waals surface area contributed by atoms with Crippen LogP contribution in [0.25, 0.3) is 0 Å². The maximum absolute atomic E-state index is 11.9. The van der Waals surface area contributed by atoms with Gasteiger partial charge in [-0.25, -0.2) is 0 Å². The van der Waals surface area contributed by atoms with Crippen molar-refractivity contribution in [2.24, 2.45) is 0 Å². The summed E-state index contributed by atoms with van der Waals surface area (Å²) in [7, 11) is 0. The summed E-state index contributed by atoms with van der Waals surface area (Å²) in [5, 5.41) is 3.16. The third-order valence-electron chi connectivity index (χ3n) is 2.47. The lowest BCUT2D eigenvalue weighted by Gasteiger charge is -2.06. The predicted molar refractivity (Wildman–Crippen MR) is 63.4 cm³/mol. The molecule has 0 heterocycles. The van der Waals surface area contributed by atoms with Gasteiger partial charge in [0, 0.05) is 18.5 Å². The van der Waals surface area contributed by atoms with Crippen LogP contribution >= 0.6 is 0 Å². The lowest BCUT2D eigenvalue weighted by Crippen LogP contribution is -2.18. The average molecular weight is 205 g/mol. The average Bonchev–Trinajstić information content (AvgIpc) is 2.22. The van der Waals surface area contributed by atoms with Gasteiger partial charge in [0.25, 0.3) is 0 Å². The molecule has 0 aliphatic carbocycles. The van der Waals surface area contributed by atoms with E-state index in [2.05, 4.69) is 5.32 Å². The highest BCUT2D eigenvalue weighted by Gasteiger charge is 2.08. The van der Waals surface area contributed by atoms with Crippen molar-refractivity contribution in [3.8, 4) is 0 Å². The van der Waals surface area contributed by atoms with E-state index in [-0.39, 0.29) is 5.78 Å². The first-order valence-electron chi connectivity index (χ1n) is 5.46. The van der Waals surface area contributed by atoms with Crippen molar-refractivity contribution in [2.45, 2.75) is 27.2 Å². The van der Waals surface area contributed by atoms with Gasteiger partial charge in [0.15, 0.2) is 5.78 Å². The maximum atomic E-state index is 11.9. The van der Waals surface area contributed by atoms with Gasteiger partial charge in [-0.3, -0.25) is 4.79 Å². The molecule has 0 fully saturated rings. The zero-order valence-corrected chi connectivity index (χ0v) is 9.76. The zero-order chi connectivity index (χ0) is 11.3. The Bertz CT molecular complexity index is 344. The summed E-state index contributed by atoms with van der Waals surface area (Å²) in [6, 6.07) is 6.02. The summed E-state index contributed by atoms with van der Waals surface area (Å²) in [5.41, 5.74) is 3.09. The molecule has 0 atom stereocenters. The first-order valence-corrected chi connectivity index (χ1v) is 5.46. The molecular weight excluding hydrogens is 186 g/mol. The third-order valence-corrected chi connectivity index (χ3v) is 2.47. The molecule has 1 aromatic carbocycles. The van der Waals surface area contributed by atoms with Gasteiger partial charge >= 0.3 is 0 Å². The second-order valence-corrected chi connectivity index (χ2v) is 3.85. The Balaban J connectivity index is 2.68. The van der Waals surface area contributed by atoms with Crippen molar-refractivity contribution in [2.75, 3.05) is 13.1 Å². The van der Waals surface area contributed by atoms with Crippen LogP contribution < -0.4 is 5.32 Å². The Labute approximate surface area is 91.7 Å². The van der Waals surface area contributed by atoms with Gasteiger partial charge in [0.2, 0.25) is 0 Å². The van der Waals surface area contributed by atoms with Crippen LogP contribution in [-0.2, 0) is 0 Å². The molecular formula is C13H19NO. The van der Waals surface area contributed by atoms with E-state index < -0.39 is 0 Å². The first-order chi connectivity index (χ1) is 7.15. The largest absolute Gasteiger partial charge is 0.317 e. The highest BCUT2D eigenvalue weighted by Crippen LogP contribution is 2.12. The van der Waals surface area contributed by atoms with Crippen molar-refractivity contribution >= 4 is 5.78 Å². The van der Waals surface area contributed by atoms with Crippen LogP contribution in [0.15, 0.2) is 18.2 Å². The van der Waals surface area contributed by atoms with E-state index >= 15 is 0 Å². The summed E-state index contributed by atoms with van der Waals surface area (Å²) < 4.78 is 0. The highest BCUT2D eigenvalue weighted by atomic mass is 16.1. The molecule has 15 heavy (non-hydrogen) atoms. The Morgan fingerprint density at radius 1 is 1.33 bits per heavy atom. The molecule has 1 aromatic rings. The molecule has 1 rings (SSSR count). The number of hydrogen-bond donors (Lipinski definition) is 1. The van der Waals surface area contributed by atoms with Gasteiger partial charge in [0.1, 0.15) is 0 Å². The minimum atomic E-state index is 0.233. The monoisotopic (exact) mass is 205 g/mol. The van der Waals surface area contributed by atoms with E-state index in [0.29, 0.717) is 6.42 Å². The number of aryl methyl sites for hydroxylation is 2. The van der Waals surface area contributed by atoms with Crippen LogP contribution in [0.1, 0.15) is 34.8 Å². The van der Waals surface area contributed by atoms with E-state index in [9.17, 15) is 4.79 Å². The van der Waals surface area contributed by atoms with Crippen LogP contribution in [0.4, 0.5) is 0 Å². The first kappa shape index (κ1) is 11.9. The summed E-state index contributed by atoms with van der Waals surface area (Å²) in [6.45, 7) is 7.73. The molecule has 0 saturated carbocycles. The molecule has 0 unspecified atom stereocenters. The van der Waals surface area contributed by atoms with Crippen molar-refractivity contribution in [3.63, 3.8) is 0 Å².